The van der Waals surface area contributed by atoms with Crippen LogP contribution in [-0.2, 0) is 9.59 Å². The standard InChI is InChI=1S/C21H22FN3O3S/c1-3-12-25-20(27)18(13-19(26)23-15-6-4-14(22)5-7-15)29-21(25)24-16-8-10-17(28-2)11-9-16/h4-11,18H,3,12-13H2,1-2H3,(H,23,26)/t18-/m1/s1. The zero-order valence-electron chi connectivity index (χ0n) is 16.2. The number of amidine groups is 1. The van der Waals surface area contributed by atoms with Crippen molar-refractivity contribution < 1.29 is 18.7 Å². The molecule has 1 atom stereocenters. The topological polar surface area (TPSA) is 71.0 Å². The van der Waals surface area contributed by atoms with Gasteiger partial charge in [-0.15, -0.1) is 0 Å². The highest BCUT2D eigenvalue weighted by atomic mass is 32.2. The lowest BCUT2D eigenvalue weighted by Crippen LogP contribution is -2.34. The molecule has 2 aromatic rings. The number of nitrogens with one attached hydrogen (secondary N) is 1. The number of hydrogen-bond acceptors (Lipinski definition) is 5. The molecule has 1 fully saturated rings. The van der Waals surface area contributed by atoms with Crippen molar-refractivity contribution in [3.8, 4) is 5.75 Å². The highest BCUT2D eigenvalue weighted by molar-refractivity contribution is 8.15. The number of aliphatic imine (C=N–C) groups is 1. The van der Waals surface area contributed by atoms with Gasteiger partial charge in [-0.25, -0.2) is 9.38 Å². The molecule has 1 aliphatic heterocycles. The van der Waals surface area contributed by atoms with Gasteiger partial charge < -0.3 is 10.1 Å². The van der Waals surface area contributed by atoms with Gasteiger partial charge in [0.1, 0.15) is 16.8 Å². The SMILES string of the molecule is CCCN1C(=O)[C@@H](CC(=O)Nc2ccc(F)cc2)SC1=Nc1ccc(OC)cc1. The average Bonchev–Trinajstić information content (AvgIpc) is 2.99. The smallest absolute Gasteiger partial charge is 0.242 e. The number of halogens is 1. The van der Waals surface area contributed by atoms with E-state index in [-0.39, 0.29) is 24.1 Å². The predicted molar refractivity (Wildman–Crippen MR) is 113 cm³/mol. The number of carbonyl (C=O) groups excluding carboxylic acids is 2. The van der Waals surface area contributed by atoms with Crippen LogP contribution in [0.4, 0.5) is 15.8 Å². The van der Waals surface area contributed by atoms with Gasteiger partial charge in [0.15, 0.2) is 5.17 Å². The third kappa shape index (κ3) is 5.35. The second-order valence-corrected chi connectivity index (χ2v) is 7.62. The van der Waals surface area contributed by atoms with Crippen LogP contribution in [0.3, 0.4) is 0 Å². The van der Waals surface area contributed by atoms with E-state index in [2.05, 4.69) is 10.3 Å². The molecule has 8 heteroatoms. The minimum absolute atomic E-state index is 0.0166. The van der Waals surface area contributed by atoms with Crippen LogP contribution >= 0.6 is 11.8 Å². The molecule has 0 radical (unpaired) electrons. The molecular formula is C21H22FN3O3S. The number of anilines is 1. The molecule has 0 aliphatic carbocycles. The van der Waals surface area contributed by atoms with Gasteiger partial charge in [-0.05, 0) is 55.0 Å². The number of amides is 2. The maximum absolute atomic E-state index is 13.0. The van der Waals surface area contributed by atoms with Crippen LogP contribution in [0.1, 0.15) is 19.8 Å². The lowest BCUT2D eigenvalue weighted by atomic mass is 10.2. The minimum atomic E-state index is -0.543. The highest BCUT2D eigenvalue weighted by Crippen LogP contribution is 2.32. The molecular weight excluding hydrogens is 393 g/mol. The van der Waals surface area contributed by atoms with Crippen LogP contribution in [0.2, 0.25) is 0 Å². The molecule has 1 saturated heterocycles. The summed E-state index contributed by atoms with van der Waals surface area (Å²) in [6, 6.07) is 12.7. The number of carbonyl (C=O) groups is 2. The monoisotopic (exact) mass is 415 g/mol. The summed E-state index contributed by atoms with van der Waals surface area (Å²) in [5.74, 6) is -0.0769. The maximum atomic E-state index is 13.0. The molecule has 152 valence electrons. The number of thioether (sulfide) groups is 1. The Labute approximate surface area is 173 Å². The summed E-state index contributed by atoms with van der Waals surface area (Å²) in [5.41, 5.74) is 1.20. The van der Waals surface area contributed by atoms with Crippen molar-refractivity contribution in [3.05, 3.63) is 54.3 Å². The van der Waals surface area contributed by atoms with Crippen LogP contribution in [-0.4, -0.2) is 40.8 Å². The molecule has 0 bridgehead atoms. The predicted octanol–water partition coefficient (Wildman–Crippen LogP) is 4.20. The Morgan fingerprint density at radius 2 is 1.90 bits per heavy atom. The van der Waals surface area contributed by atoms with Crippen molar-refractivity contribution in [2.24, 2.45) is 4.99 Å². The second-order valence-electron chi connectivity index (χ2n) is 6.45. The van der Waals surface area contributed by atoms with Gasteiger partial charge >= 0.3 is 0 Å². The molecule has 3 rings (SSSR count). The largest absolute Gasteiger partial charge is 0.497 e. The summed E-state index contributed by atoms with van der Waals surface area (Å²) >= 11 is 1.29. The molecule has 1 aliphatic rings. The maximum Gasteiger partial charge on any atom is 0.242 e. The van der Waals surface area contributed by atoms with E-state index in [1.165, 1.54) is 36.0 Å². The van der Waals surface area contributed by atoms with Gasteiger partial charge in [0.25, 0.3) is 0 Å². The van der Waals surface area contributed by atoms with E-state index in [9.17, 15) is 14.0 Å². The third-order valence-electron chi connectivity index (χ3n) is 4.26. The molecule has 0 unspecified atom stereocenters. The van der Waals surface area contributed by atoms with Crippen LogP contribution in [0.5, 0.6) is 5.75 Å². The number of rotatable bonds is 7. The van der Waals surface area contributed by atoms with Gasteiger partial charge in [0.2, 0.25) is 11.8 Å². The van der Waals surface area contributed by atoms with Crippen LogP contribution in [0, 0.1) is 5.82 Å². The van der Waals surface area contributed by atoms with Gasteiger partial charge in [-0.2, -0.15) is 0 Å². The first-order valence-electron chi connectivity index (χ1n) is 9.26. The Hall–Kier alpha value is -2.87. The zero-order valence-corrected chi connectivity index (χ0v) is 17.0. The van der Waals surface area contributed by atoms with Crippen molar-refractivity contribution in [2.45, 2.75) is 25.0 Å². The molecule has 6 nitrogen and oxygen atoms in total. The van der Waals surface area contributed by atoms with Crippen LogP contribution in [0.25, 0.3) is 0 Å². The first-order chi connectivity index (χ1) is 14.0. The van der Waals surface area contributed by atoms with E-state index in [4.69, 9.17) is 4.74 Å². The summed E-state index contributed by atoms with van der Waals surface area (Å²) in [6.07, 6.45) is 0.797. The van der Waals surface area contributed by atoms with E-state index in [1.807, 2.05) is 19.1 Å². The number of nitrogens with zero attached hydrogens (tertiary/aromatic N) is 2. The fourth-order valence-corrected chi connectivity index (χ4v) is 4.02. The zero-order chi connectivity index (χ0) is 20.8. The first-order valence-corrected chi connectivity index (χ1v) is 10.1. The van der Waals surface area contributed by atoms with Crippen molar-refractivity contribution in [1.82, 2.24) is 4.90 Å². The molecule has 1 N–H and O–H groups in total. The van der Waals surface area contributed by atoms with Gasteiger partial charge in [0.05, 0.1) is 12.8 Å². The van der Waals surface area contributed by atoms with Crippen molar-refractivity contribution >= 4 is 40.1 Å². The lowest BCUT2D eigenvalue weighted by molar-refractivity contribution is -0.128. The fraction of sp³-hybridized carbons (Fsp3) is 0.286. The van der Waals surface area contributed by atoms with E-state index in [0.717, 1.165) is 12.2 Å². The van der Waals surface area contributed by atoms with E-state index < -0.39 is 5.25 Å². The molecule has 0 aromatic heterocycles. The second kappa shape index (κ2) is 9.56. The summed E-state index contributed by atoms with van der Waals surface area (Å²) in [7, 11) is 1.59. The van der Waals surface area contributed by atoms with E-state index >= 15 is 0 Å². The number of hydrogen-bond donors (Lipinski definition) is 1. The summed E-state index contributed by atoms with van der Waals surface area (Å²) in [5, 5.41) is 2.74. The van der Waals surface area contributed by atoms with Gasteiger partial charge in [-0.1, -0.05) is 18.7 Å². The van der Waals surface area contributed by atoms with Gasteiger partial charge in [-0.3, -0.25) is 14.5 Å². The van der Waals surface area contributed by atoms with Crippen LogP contribution in [0.15, 0.2) is 53.5 Å². The average molecular weight is 415 g/mol. The lowest BCUT2D eigenvalue weighted by Gasteiger charge is -2.15. The summed E-state index contributed by atoms with van der Waals surface area (Å²) in [6.45, 7) is 2.52. The normalized spacial score (nSPS) is 17.6. The summed E-state index contributed by atoms with van der Waals surface area (Å²) < 4.78 is 18.1. The number of benzene rings is 2. The Kier molecular flexibility index (Phi) is 6.87. The van der Waals surface area contributed by atoms with Crippen molar-refractivity contribution in [1.29, 1.82) is 0 Å². The van der Waals surface area contributed by atoms with E-state index in [1.54, 1.807) is 24.1 Å². The Morgan fingerprint density at radius 1 is 1.21 bits per heavy atom. The number of ether oxygens (including phenoxy) is 1. The Bertz CT molecular complexity index is 900. The number of methoxy groups -OCH3 is 1. The van der Waals surface area contributed by atoms with E-state index in [0.29, 0.717) is 23.1 Å². The fourth-order valence-electron chi connectivity index (χ4n) is 2.84. The quantitative estimate of drug-likeness (QED) is 0.736. The summed E-state index contributed by atoms with van der Waals surface area (Å²) in [4.78, 5) is 31.4. The molecule has 0 saturated carbocycles. The first kappa shape index (κ1) is 20.9. The van der Waals surface area contributed by atoms with Gasteiger partial charge in [0, 0.05) is 18.7 Å². The third-order valence-corrected chi connectivity index (χ3v) is 5.44. The minimum Gasteiger partial charge on any atom is -0.497 e. The highest BCUT2D eigenvalue weighted by Gasteiger charge is 2.38. The molecule has 29 heavy (non-hydrogen) atoms. The Balaban J connectivity index is 1.71. The van der Waals surface area contributed by atoms with Crippen molar-refractivity contribution in [3.63, 3.8) is 0 Å². The molecule has 2 aromatic carbocycles. The molecule has 2 amide bonds. The molecule has 0 spiro atoms. The molecule has 1 heterocycles. The Morgan fingerprint density at radius 3 is 2.52 bits per heavy atom. The van der Waals surface area contributed by atoms with Crippen molar-refractivity contribution in [2.75, 3.05) is 19.0 Å². The van der Waals surface area contributed by atoms with Crippen LogP contribution < -0.4 is 10.1 Å².